The fraction of sp³-hybridized carbons (Fsp3) is 0.344. The number of rotatable bonds is 7. The van der Waals surface area contributed by atoms with Gasteiger partial charge in [-0.1, -0.05) is 85.1 Å². The maximum absolute atomic E-state index is 13.8. The molecule has 0 aromatic heterocycles. The molecular formula is C32H34ClN3O4. The summed E-state index contributed by atoms with van der Waals surface area (Å²) in [5.41, 5.74) is 2.57. The van der Waals surface area contributed by atoms with Crippen LogP contribution in [-0.2, 0) is 9.59 Å². The molecule has 2 fully saturated rings. The number of benzene rings is 3. The van der Waals surface area contributed by atoms with E-state index in [1.807, 2.05) is 17.0 Å². The van der Waals surface area contributed by atoms with Crippen LogP contribution in [0, 0.1) is 11.8 Å². The number of hydrogen-bond donors (Lipinski definition) is 2. The molecule has 2 amide bonds. The van der Waals surface area contributed by atoms with Crippen LogP contribution in [0.3, 0.4) is 0 Å². The average molecular weight is 560 g/mol. The Labute approximate surface area is 239 Å². The fourth-order valence-corrected chi connectivity index (χ4v) is 6.26. The first-order valence-electron chi connectivity index (χ1n) is 13.9. The number of carboxylic acid groups (broad SMARTS) is 1. The van der Waals surface area contributed by atoms with Gasteiger partial charge in [-0.25, -0.2) is 4.79 Å². The Balaban J connectivity index is 1.27. The molecule has 7 nitrogen and oxygen atoms in total. The number of aromatic carboxylic acids is 1. The number of anilines is 1. The van der Waals surface area contributed by atoms with Crippen LogP contribution in [0.1, 0.15) is 53.2 Å². The first-order valence-corrected chi connectivity index (χ1v) is 14.3. The summed E-state index contributed by atoms with van der Waals surface area (Å²) in [5.74, 6) is -2.38. The SMILES string of the molecule is O=C(O)c1cc(Cl)ccc1NC(=O)C1CCCC[C@H]1C(=O)N1CCN(C(c2ccccc2)c2ccccc2)CC1. The standard InChI is InChI=1S/C32H34ClN3O4/c33-24-15-16-28(27(21-24)32(39)40)34-30(37)25-13-7-8-14-26(25)31(38)36-19-17-35(18-20-36)29(22-9-3-1-4-10-22)23-11-5-2-6-12-23/h1-6,9-12,15-16,21,25-26,29H,7-8,13-14,17-20H2,(H,34,37)(H,39,40)/t25?,26-/m1/s1. The second kappa shape index (κ2) is 12.7. The van der Waals surface area contributed by atoms with E-state index in [0.29, 0.717) is 25.9 Å². The van der Waals surface area contributed by atoms with E-state index in [1.54, 1.807) is 6.07 Å². The van der Waals surface area contributed by atoms with Crippen molar-refractivity contribution in [3.63, 3.8) is 0 Å². The first kappa shape index (κ1) is 27.9. The molecule has 1 saturated carbocycles. The molecule has 1 unspecified atom stereocenters. The Morgan fingerprint density at radius 3 is 1.95 bits per heavy atom. The van der Waals surface area contributed by atoms with E-state index in [9.17, 15) is 19.5 Å². The first-order chi connectivity index (χ1) is 19.4. The van der Waals surface area contributed by atoms with E-state index >= 15 is 0 Å². The summed E-state index contributed by atoms with van der Waals surface area (Å²) in [6.45, 7) is 2.66. The molecule has 2 aliphatic rings. The molecule has 1 heterocycles. The minimum absolute atomic E-state index is 0.0186. The second-order valence-corrected chi connectivity index (χ2v) is 11.0. The molecule has 2 atom stereocenters. The minimum Gasteiger partial charge on any atom is -0.478 e. The van der Waals surface area contributed by atoms with Gasteiger partial charge in [0.05, 0.1) is 17.3 Å². The molecule has 1 aliphatic carbocycles. The summed E-state index contributed by atoms with van der Waals surface area (Å²) in [6, 6.07) is 25.3. The van der Waals surface area contributed by atoms with Gasteiger partial charge in [0.2, 0.25) is 11.8 Å². The predicted molar refractivity (Wildman–Crippen MR) is 155 cm³/mol. The van der Waals surface area contributed by atoms with Crippen LogP contribution in [0.5, 0.6) is 0 Å². The second-order valence-electron chi connectivity index (χ2n) is 10.6. The van der Waals surface area contributed by atoms with E-state index in [0.717, 1.165) is 25.9 Å². The molecule has 3 aromatic rings. The largest absolute Gasteiger partial charge is 0.478 e. The number of piperazine rings is 1. The average Bonchev–Trinajstić information content (AvgIpc) is 2.99. The van der Waals surface area contributed by atoms with Crippen molar-refractivity contribution < 1.29 is 19.5 Å². The van der Waals surface area contributed by atoms with E-state index < -0.39 is 17.8 Å². The highest BCUT2D eigenvalue weighted by Crippen LogP contribution is 2.35. The summed E-state index contributed by atoms with van der Waals surface area (Å²) < 4.78 is 0. The van der Waals surface area contributed by atoms with Crippen LogP contribution < -0.4 is 5.32 Å². The van der Waals surface area contributed by atoms with Crippen molar-refractivity contribution in [1.82, 2.24) is 9.80 Å². The highest BCUT2D eigenvalue weighted by molar-refractivity contribution is 6.31. The normalized spacial score (nSPS) is 19.8. The molecule has 2 N–H and O–H groups in total. The van der Waals surface area contributed by atoms with Gasteiger partial charge in [-0.15, -0.1) is 0 Å². The van der Waals surface area contributed by atoms with Crippen molar-refractivity contribution in [1.29, 1.82) is 0 Å². The van der Waals surface area contributed by atoms with Crippen LogP contribution in [0.4, 0.5) is 5.69 Å². The van der Waals surface area contributed by atoms with Crippen molar-refractivity contribution in [3.05, 3.63) is 101 Å². The smallest absolute Gasteiger partial charge is 0.337 e. The van der Waals surface area contributed by atoms with Gasteiger partial charge in [0.1, 0.15) is 0 Å². The predicted octanol–water partition coefficient (Wildman–Crippen LogP) is 5.72. The number of hydrogen-bond acceptors (Lipinski definition) is 4. The van der Waals surface area contributed by atoms with Crippen LogP contribution in [0.15, 0.2) is 78.9 Å². The Bertz CT molecular complexity index is 1300. The number of halogens is 1. The number of nitrogens with zero attached hydrogens (tertiary/aromatic N) is 2. The van der Waals surface area contributed by atoms with E-state index in [2.05, 4.69) is 58.7 Å². The van der Waals surface area contributed by atoms with Crippen LogP contribution in [0.2, 0.25) is 5.02 Å². The zero-order chi connectivity index (χ0) is 28.1. The van der Waals surface area contributed by atoms with Gasteiger partial charge in [-0.05, 0) is 42.2 Å². The quantitative estimate of drug-likeness (QED) is 0.386. The molecule has 5 rings (SSSR count). The minimum atomic E-state index is -1.17. The molecule has 0 spiro atoms. The van der Waals surface area contributed by atoms with E-state index in [1.165, 1.54) is 23.3 Å². The zero-order valence-electron chi connectivity index (χ0n) is 22.3. The topological polar surface area (TPSA) is 89.9 Å². The molecule has 1 saturated heterocycles. The van der Waals surface area contributed by atoms with Crippen molar-refractivity contribution >= 4 is 35.1 Å². The number of carbonyl (C=O) groups is 3. The molecule has 3 aromatic carbocycles. The highest BCUT2D eigenvalue weighted by Gasteiger charge is 2.39. The third-order valence-corrected chi connectivity index (χ3v) is 8.35. The summed E-state index contributed by atoms with van der Waals surface area (Å²) >= 11 is 5.97. The number of amides is 2. The lowest BCUT2D eigenvalue weighted by molar-refractivity contribution is -0.144. The van der Waals surface area contributed by atoms with E-state index in [-0.39, 0.29) is 34.1 Å². The molecule has 0 bridgehead atoms. The zero-order valence-corrected chi connectivity index (χ0v) is 23.1. The van der Waals surface area contributed by atoms with Crippen LogP contribution in [-0.4, -0.2) is 58.9 Å². The number of carboxylic acids is 1. The van der Waals surface area contributed by atoms with Crippen LogP contribution >= 0.6 is 11.6 Å². The van der Waals surface area contributed by atoms with Crippen LogP contribution in [0.25, 0.3) is 0 Å². The third kappa shape index (κ3) is 6.21. The number of carbonyl (C=O) groups excluding carboxylic acids is 2. The fourth-order valence-electron chi connectivity index (χ4n) is 6.09. The van der Waals surface area contributed by atoms with Gasteiger partial charge in [0, 0.05) is 43.0 Å². The monoisotopic (exact) mass is 559 g/mol. The molecule has 0 radical (unpaired) electrons. The third-order valence-electron chi connectivity index (χ3n) is 8.11. The van der Waals surface area contributed by atoms with Gasteiger partial charge in [-0.2, -0.15) is 0 Å². The molecule has 8 heteroatoms. The van der Waals surface area contributed by atoms with Crippen molar-refractivity contribution in [3.8, 4) is 0 Å². The van der Waals surface area contributed by atoms with Crippen molar-refractivity contribution in [2.75, 3.05) is 31.5 Å². The summed E-state index contributed by atoms with van der Waals surface area (Å²) in [7, 11) is 0. The summed E-state index contributed by atoms with van der Waals surface area (Å²) in [5, 5.41) is 12.6. The maximum atomic E-state index is 13.8. The van der Waals surface area contributed by atoms with Gasteiger partial charge in [0.25, 0.3) is 0 Å². The molecule has 40 heavy (non-hydrogen) atoms. The molecule has 1 aliphatic heterocycles. The van der Waals surface area contributed by atoms with Gasteiger partial charge in [0.15, 0.2) is 0 Å². The Morgan fingerprint density at radius 1 is 0.800 bits per heavy atom. The lowest BCUT2D eigenvalue weighted by Crippen LogP contribution is -2.53. The Hall–Kier alpha value is -3.68. The van der Waals surface area contributed by atoms with Gasteiger partial charge < -0.3 is 15.3 Å². The Kier molecular flexibility index (Phi) is 8.82. The highest BCUT2D eigenvalue weighted by atomic mass is 35.5. The van der Waals surface area contributed by atoms with Crippen molar-refractivity contribution in [2.24, 2.45) is 11.8 Å². The van der Waals surface area contributed by atoms with E-state index in [4.69, 9.17) is 11.6 Å². The lowest BCUT2D eigenvalue weighted by Gasteiger charge is -2.42. The number of nitrogens with one attached hydrogen (secondary N) is 1. The lowest BCUT2D eigenvalue weighted by atomic mass is 9.77. The maximum Gasteiger partial charge on any atom is 0.337 e. The summed E-state index contributed by atoms with van der Waals surface area (Å²) in [6.07, 6.45) is 3.01. The summed E-state index contributed by atoms with van der Waals surface area (Å²) in [4.78, 5) is 43.2. The van der Waals surface area contributed by atoms with Crippen molar-refractivity contribution in [2.45, 2.75) is 31.7 Å². The van der Waals surface area contributed by atoms with Gasteiger partial charge in [-0.3, -0.25) is 14.5 Å². The van der Waals surface area contributed by atoms with Gasteiger partial charge >= 0.3 is 5.97 Å². The molecule has 208 valence electrons. The Morgan fingerprint density at radius 2 is 1.38 bits per heavy atom. The molecular weight excluding hydrogens is 526 g/mol.